The summed E-state index contributed by atoms with van der Waals surface area (Å²) in [5.41, 5.74) is 0.528. The summed E-state index contributed by atoms with van der Waals surface area (Å²) in [5.74, 6) is -0.982. The Morgan fingerprint density at radius 3 is 2.84 bits per heavy atom. The van der Waals surface area contributed by atoms with Crippen molar-refractivity contribution in [2.75, 3.05) is 0 Å². The zero-order chi connectivity index (χ0) is 13.8. The zero-order valence-electron chi connectivity index (χ0n) is 9.50. The lowest BCUT2D eigenvalue weighted by molar-refractivity contribution is 0.0693. The molecule has 0 saturated heterocycles. The number of rotatable bonds is 3. The molecule has 1 aromatic heterocycles. The number of carbonyl (C=O) groups is 1. The molecule has 0 bridgehead atoms. The van der Waals surface area contributed by atoms with Crippen LogP contribution in [0.4, 0.5) is 0 Å². The van der Waals surface area contributed by atoms with E-state index in [9.17, 15) is 4.79 Å². The lowest BCUT2D eigenvalue weighted by Gasteiger charge is -2.06. The van der Waals surface area contributed by atoms with Crippen molar-refractivity contribution in [2.24, 2.45) is 0 Å². The van der Waals surface area contributed by atoms with Crippen LogP contribution in [0.1, 0.15) is 16.1 Å². The van der Waals surface area contributed by atoms with Crippen molar-refractivity contribution in [2.45, 2.75) is 9.79 Å². The molecule has 1 N–H and O–H groups in total. The van der Waals surface area contributed by atoms with Crippen molar-refractivity contribution in [1.82, 2.24) is 4.98 Å². The van der Waals surface area contributed by atoms with E-state index in [0.29, 0.717) is 10.6 Å². The first-order valence-corrected chi connectivity index (χ1v) is 6.78. The van der Waals surface area contributed by atoms with Crippen LogP contribution in [0.25, 0.3) is 0 Å². The second-order valence-corrected chi connectivity index (χ2v) is 5.57. The second kappa shape index (κ2) is 5.87. The molecule has 4 nitrogen and oxygen atoms in total. The summed E-state index contributed by atoms with van der Waals surface area (Å²) in [6.07, 6.45) is 1.53. The van der Waals surface area contributed by atoms with Gasteiger partial charge in [0.05, 0.1) is 5.56 Å². The molecule has 0 aliphatic rings. The highest BCUT2D eigenvalue weighted by molar-refractivity contribution is 9.10. The van der Waals surface area contributed by atoms with Gasteiger partial charge in [-0.3, -0.25) is 0 Å². The minimum atomic E-state index is -0.982. The van der Waals surface area contributed by atoms with Gasteiger partial charge >= 0.3 is 5.97 Å². The molecule has 0 unspecified atom stereocenters. The number of halogens is 1. The Kier molecular flexibility index (Phi) is 4.20. The van der Waals surface area contributed by atoms with Gasteiger partial charge in [0.25, 0.3) is 0 Å². The number of nitrogens with zero attached hydrogens (tertiary/aromatic N) is 2. The average Bonchev–Trinajstić information content (AvgIpc) is 2.38. The molecule has 1 aromatic carbocycles. The highest BCUT2D eigenvalue weighted by Gasteiger charge is 2.12. The average molecular weight is 335 g/mol. The van der Waals surface area contributed by atoms with Crippen molar-refractivity contribution >= 4 is 33.7 Å². The number of carboxylic acids is 1. The minimum Gasteiger partial charge on any atom is -0.478 e. The molecular weight excluding hydrogens is 328 g/mol. The summed E-state index contributed by atoms with van der Waals surface area (Å²) in [6, 6.07) is 10.3. The Morgan fingerprint density at radius 1 is 1.37 bits per heavy atom. The van der Waals surface area contributed by atoms with Crippen molar-refractivity contribution in [3.8, 4) is 6.07 Å². The highest BCUT2D eigenvalue weighted by Crippen LogP contribution is 2.32. The molecule has 0 radical (unpaired) electrons. The van der Waals surface area contributed by atoms with Crippen LogP contribution in [0, 0.1) is 11.3 Å². The van der Waals surface area contributed by atoms with E-state index in [2.05, 4.69) is 20.9 Å². The molecule has 1 heterocycles. The van der Waals surface area contributed by atoms with Crippen LogP contribution in [0.5, 0.6) is 0 Å². The van der Waals surface area contributed by atoms with E-state index in [-0.39, 0.29) is 5.56 Å². The van der Waals surface area contributed by atoms with Crippen molar-refractivity contribution in [3.05, 3.63) is 52.3 Å². The van der Waals surface area contributed by atoms with E-state index < -0.39 is 5.97 Å². The van der Waals surface area contributed by atoms with E-state index in [1.165, 1.54) is 18.0 Å². The number of aromatic nitrogens is 1. The lowest BCUT2D eigenvalue weighted by atomic mass is 10.2. The number of nitriles is 1. The SMILES string of the molecule is N#Cc1cc(Sc2cc(Br)ccc2C(=O)O)ccn1. The van der Waals surface area contributed by atoms with Crippen LogP contribution in [0.2, 0.25) is 0 Å². The Hall–Kier alpha value is -1.84. The normalized spacial score (nSPS) is 9.89. The highest BCUT2D eigenvalue weighted by atomic mass is 79.9. The number of hydrogen-bond donors (Lipinski definition) is 1. The third-order valence-corrected chi connectivity index (χ3v) is 3.79. The predicted molar refractivity (Wildman–Crippen MR) is 74.2 cm³/mol. The number of hydrogen-bond acceptors (Lipinski definition) is 4. The summed E-state index contributed by atoms with van der Waals surface area (Å²) in [7, 11) is 0. The molecule has 0 spiro atoms. The topological polar surface area (TPSA) is 74.0 Å². The maximum Gasteiger partial charge on any atom is 0.336 e. The van der Waals surface area contributed by atoms with Crippen LogP contribution in [0.15, 0.2) is 50.8 Å². The fourth-order valence-corrected chi connectivity index (χ4v) is 2.94. The van der Waals surface area contributed by atoms with Gasteiger partial charge < -0.3 is 5.11 Å². The first-order chi connectivity index (χ1) is 9.10. The molecule has 0 atom stereocenters. The predicted octanol–water partition coefficient (Wildman–Crippen LogP) is 3.57. The summed E-state index contributed by atoms with van der Waals surface area (Å²) < 4.78 is 0.801. The third-order valence-electron chi connectivity index (χ3n) is 2.25. The van der Waals surface area contributed by atoms with Gasteiger partial charge in [-0.1, -0.05) is 27.7 Å². The summed E-state index contributed by atoms with van der Waals surface area (Å²) in [6.45, 7) is 0. The second-order valence-electron chi connectivity index (χ2n) is 3.54. The first-order valence-electron chi connectivity index (χ1n) is 5.17. The van der Waals surface area contributed by atoms with E-state index in [1.807, 2.05) is 6.07 Å². The van der Waals surface area contributed by atoms with Crippen LogP contribution in [0.3, 0.4) is 0 Å². The van der Waals surface area contributed by atoms with Crippen LogP contribution >= 0.6 is 27.7 Å². The van der Waals surface area contributed by atoms with E-state index in [0.717, 1.165) is 9.37 Å². The summed E-state index contributed by atoms with van der Waals surface area (Å²) >= 11 is 4.60. The van der Waals surface area contributed by atoms with Crippen LogP contribution in [-0.4, -0.2) is 16.1 Å². The summed E-state index contributed by atoms with van der Waals surface area (Å²) in [4.78, 5) is 16.4. The largest absolute Gasteiger partial charge is 0.478 e. The number of aromatic carboxylic acids is 1. The van der Waals surface area contributed by atoms with E-state index >= 15 is 0 Å². The Labute approximate surface area is 122 Å². The fraction of sp³-hybridized carbons (Fsp3) is 0. The Balaban J connectivity index is 2.40. The molecule has 6 heteroatoms. The smallest absolute Gasteiger partial charge is 0.336 e. The van der Waals surface area contributed by atoms with E-state index in [4.69, 9.17) is 10.4 Å². The molecule has 0 aliphatic heterocycles. The van der Waals surface area contributed by atoms with Crippen molar-refractivity contribution in [3.63, 3.8) is 0 Å². The molecule has 94 valence electrons. The van der Waals surface area contributed by atoms with Crippen molar-refractivity contribution < 1.29 is 9.90 Å². The monoisotopic (exact) mass is 334 g/mol. The maximum absolute atomic E-state index is 11.2. The summed E-state index contributed by atoms with van der Waals surface area (Å²) in [5, 5.41) is 17.9. The zero-order valence-corrected chi connectivity index (χ0v) is 11.9. The van der Waals surface area contributed by atoms with Gasteiger partial charge in [-0.15, -0.1) is 0 Å². The van der Waals surface area contributed by atoms with Gasteiger partial charge in [0, 0.05) is 20.5 Å². The quantitative estimate of drug-likeness (QED) is 0.928. The molecule has 0 aliphatic carbocycles. The molecule has 19 heavy (non-hydrogen) atoms. The first kappa shape index (κ1) is 13.6. The Bertz CT molecular complexity index is 683. The third kappa shape index (κ3) is 3.34. The standard InChI is InChI=1S/C13H7BrN2O2S/c14-8-1-2-11(13(17)18)12(5-8)19-10-3-4-16-9(6-10)7-15/h1-6H,(H,17,18). The van der Waals surface area contributed by atoms with Gasteiger partial charge in [-0.25, -0.2) is 9.78 Å². The van der Waals surface area contributed by atoms with Gasteiger partial charge in [0.2, 0.25) is 0 Å². The Morgan fingerprint density at radius 2 is 2.16 bits per heavy atom. The molecule has 0 fully saturated rings. The minimum absolute atomic E-state index is 0.225. The number of carboxylic acid groups (broad SMARTS) is 1. The molecule has 0 amide bonds. The fourth-order valence-electron chi connectivity index (χ4n) is 1.42. The van der Waals surface area contributed by atoms with Gasteiger partial charge in [0.1, 0.15) is 11.8 Å². The van der Waals surface area contributed by atoms with Gasteiger partial charge in [0.15, 0.2) is 0 Å². The maximum atomic E-state index is 11.2. The van der Waals surface area contributed by atoms with Crippen LogP contribution in [-0.2, 0) is 0 Å². The molecule has 2 aromatic rings. The molecule has 2 rings (SSSR count). The number of pyridine rings is 1. The lowest BCUT2D eigenvalue weighted by Crippen LogP contribution is -1.98. The van der Waals surface area contributed by atoms with Gasteiger partial charge in [-0.2, -0.15) is 5.26 Å². The molecular formula is C13H7BrN2O2S. The van der Waals surface area contributed by atoms with Gasteiger partial charge in [-0.05, 0) is 30.3 Å². The molecule has 0 saturated carbocycles. The van der Waals surface area contributed by atoms with Crippen molar-refractivity contribution in [1.29, 1.82) is 5.26 Å². The number of benzene rings is 1. The van der Waals surface area contributed by atoms with Crippen LogP contribution < -0.4 is 0 Å². The van der Waals surface area contributed by atoms with E-state index in [1.54, 1.807) is 30.3 Å².